The molecule has 1 fully saturated rings. The lowest BCUT2D eigenvalue weighted by molar-refractivity contribution is -0.129. The molecule has 2 aliphatic rings. The molecule has 2 aliphatic heterocycles. The van der Waals surface area contributed by atoms with E-state index in [1.54, 1.807) is 12.3 Å². The lowest BCUT2D eigenvalue weighted by Gasteiger charge is -2.25. The quantitative estimate of drug-likeness (QED) is 0.524. The summed E-state index contributed by atoms with van der Waals surface area (Å²) in [5.74, 6) is 1.65. The Morgan fingerprint density at radius 3 is 2.75 bits per heavy atom. The first-order valence-corrected chi connectivity index (χ1v) is 11.2. The van der Waals surface area contributed by atoms with Gasteiger partial charge in [-0.25, -0.2) is 4.68 Å². The Hall–Kier alpha value is -3.03. The molecule has 1 atom stereocenters. The van der Waals surface area contributed by atoms with E-state index >= 15 is 0 Å². The van der Waals surface area contributed by atoms with Gasteiger partial charge in [0, 0.05) is 49.0 Å². The molecule has 7 nitrogen and oxygen atoms in total. The molecule has 0 aliphatic carbocycles. The van der Waals surface area contributed by atoms with Crippen molar-refractivity contribution in [2.75, 3.05) is 13.3 Å². The van der Waals surface area contributed by atoms with Crippen LogP contribution in [0.15, 0.2) is 54.9 Å². The highest BCUT2D eigenvalue weighted by Gasteiger charge is 2.30. The highest BCUT2D eigenvalue weighted by Crippen LogP contribution is 2.36. The highest BCUT2D eigenvalue weighted by molar-refractivity contribution is 6.31. The van der Waals surface area contributed by atoms with Gasteiger partial charge in [0.05, 0.1) is 5.69 Å². The first kappa shape index (κ1) is 20.8. The predicted octanol–water partition coefficient (Wildman–Crippen LogP) is 3.93. The lowest BCUT2D eigenvalue weighted by atomic mass is 10.1. The average Bonchev–Trinajstić information content (AvgIpc) is 3.55. The molecular formula is C24H25ClN4O3. The van der Waals surface area contributed by atoms with Crippen LogP contribution in [0.2, 0.25) is 5.02 Å². The molecule has 32 heavy (non-hydrogen) atoms. The van der Waals surface area contributed by atoms with E-state index in [-0.39, 0.29) is 18.7 Å². The number of hydrogen-bond donors (Lipinski definition) is 1. The molecule has 1 aromatic heterocycles. The number of fused-ring (bicyclic) bond motifs is 1. The summed E-state index contributed by atoms with van der Waals surface area (Å²) in [7, 11) is 0. The molecule has 3 aromatic rings. The van der Waals surface area contributed by atoms with E-state index in [1.807, 2.05) is 40.0 Å². The minimum atomic E-state index is 0.227. The van der Waals surface area contributed by atoms with Gasteiger partial charge in [-0.3, -0.25) is 4.79 Å². The zero-order chi connectivity index (χ0) is 21.9. The normalized spacial score (nSPS) is 17.3. The number of hydrogen-bond acceptors (Lipinski definition) is 5. The fourth-order valence-electron chi connectivity index (χ4n) is 4.27. The van der Waals surface area contributed by atoms with Crippen molar-refractivity contribution >= 4 is 17.5 Å². The number of amides is 1. The van der Waals surface area contributed by atoms with Gasteiger partial charge in [0.1, 0.15) is 0 Å². The van der Waals surface area contributed by atoms with E-state index in [0.29, 0.717) is 30.3 Å². The minimum Gasteiger partial charge on any atom is -0.454 e. The van der Waals surface area contributed by atoms with Crippen molar-refractivity contribution < 1.29 is 14.3 Å². The smallest absolute Gasteiger partial charge is 0.231 e. The van der Waals surface area contributed by atoms with E-state index in [9.17, 15) is 4.79 Å². The van der Waals surface area contributed by atoms with E-state index in [4.69, 9.17) is 21.1 Å². The van der Waals surface area contributed by atoms with Gasteiger partial charge in [-0.2, -0.15) is 5.10 Å². The van der Waals surface area contributed by atoms with Crippen LogP contribution in [0.4, 0.5) is 0 Å². The van der Waals surface area contributed by atoms with Crippen LogP contribution in [-0.2, 0) is 17.9 Å². The Morgan fingerprint density at radius 2 is 1.97 bits per heavy atom. The molecule has 1 N–H and O–H groups in total. The number of nitrogens with zero attached hydrogens (tertiary/aromatic N) is 3. The fourth-order valence-corrected chi connectivity index (χ4v) is 4.49. The molecule has 2 aromatic carbocycles. The molecule has 3 heterocycles. The second kappa shape index (κ2) is 9.22. The number of aromatic nitrogens is 2. The Morgan fingerprint density at radius 1 is 1.16 bits per heavy atom. The molecule has 8 heteroatoms. The number of rotatable bonds is 8. The third-order valence-electron chi connectivity index (χ3n) is 6.02. The maximum Gasteiger partial charge on any atom is 0.231 e. The molecule has 0 saturated carbocycles. The van der Waals surface area contributed by atoms with Crippen molar-refractivity contribution in [3.05, 3.63) is 71.0 Å². The predicted molar refractivity (Wildman–Crippen MR) is 121 cm³/mol. The summed E-state index contributed by atoms with van der Waals surface area (Å²) in [6.45, 7) is 2.32. The number of carbonyl (C=O) groups excluding carboxylic acids is 1. The molecule has 0 bridgehead atoms. The van der Waals surface area contributed by atoms with Gasteiger partial charge in [-0.1, -0.05) is 23.7 Å². The Labute approximate surface area is 191 Å². The fraction of sp³-hybridized carbons (Fsp3) is 0.333. The third kappa shape index (κ3) is 4.45. The molecule has 1 unspecified atom stereocenters. The maximum atomic E-state index is 12.5. The standard InChI is InChI=1S/C24H25ClN4O3/c25-21-13-23-22(31-16-32-23)12-18(21)14-26-10-8-19-6-7-24(30)28(19)15-17-2-4-20(5-3-17)29-11-1-9-27-29/h1-5,9,11-13,19,26H,6-8,10,14-16H2. The molecule has 1 amide bonds. The Balaban J connectivity index is 1.14. The summed E-state index contributed by atoms with van der Waals surface area (Å²) in [6.07, 6.45) is 6.09. The number of halogens is 1. The number of carbonyl (C=O) groups is 1. The average molecular weight is 453 g/mol. The van der Waals surface area contributed by atoms with Gasteiger partial charge in [0.2, 0.25) is 12.7 Å². The monoisotopic (exact) mass is 452 g/mol. The number of nitrogens with one attached hydrogen (secondary N) is 1. The van der Waals surface area contributed by atoms with Gasteiger partial charge in [-0.05, 0) is 54.8 Å². The molecule has 0 spiro atoms. The van der Waals surface area contributed by atoms with Crippen molar-refractivity contribution in [3.8, 4) is 17.2 Å². The lowest BCUT2D eigenvalue weighted by Crippen LogP contribution is -2.34. The minimum absolute atomic E-state index is 0.227. The van der Waals surface area contributed by atoms with Crippen molar-refractivity contribution in [2.45, 2.75) is 38.4 Å². The maximum absolute atomic E-state index is 12.5. The summed E-state index contributed by atoms with van der Waals surface area (Å²) in [6, 6.07) is 14.1. The number of likely N-dealkylation sites (tertiary alicyclic amines) is 1. The summed E-state index contributed by atoms with van der Waals surface area (Å²) in [4.78, 5) is 14.5. The van der Waals surface area contributed by atoms with Crippen LogP contribution in [0.5, 0.6) is 11.5 Å². The van der Waals surface area contributed by atoms with Crippen molar-refractivity contribution in [1.82, 2.24) is 20.0 Å². The van der Waals surface area contributed by atoms with Crippen LogP contribution in [0.3, 0.4) is 0 Å². The van der Waals surface area contributed by atoms with E-state index in [1.165, 1.54) is 0 Å². The highest BCUT2D eigenvalue weighted by atomic mass is 35.5. The van der Waals surface area contributed by atoms with Crippen molar-refractivity contribution in [3.63, 3.8) is 0 Å². The molecule has 5 rings (SSSR count). The molecule has 166 valence electrons. The van der Waals surface area contributed by atoms with Gasteiger partial charge < -0.3 is 19.7 Å². The van der Waals surface area contributed by atoms with Crippen LogP contribution in [-0.4, -0.2) is 40.0 Å². The summed E-state index contributed by atoms with van der Waals surface area (Å²) in [5.41, 5.74) is 3.11. The van der Waals surface area contributed by atoms with E-state index in [2.05, 4.69) is 22.5 Å². The molecule has 0 radical (unpaired) electrons. The SMILES string of the molecule is O=C1CCC(CCNCc2cc3c(cc2Cl)OCO3)N1Cc1ccc(-n2cccn2)cc1. The third-order valence-corrected chi connectivity index (χ3v) is 6.37. The second-order valence-corrected chi connectivity index (χ2v) is 8.50. The van der Waals surface area contributed by atoms with E-state index in [0.717, 1.165) is 42.0 Å². The largest absolute Gasteiger partial charge is 0.454 e. The van der Waals surface area contributed by atoms with Crippen molar-refractivity contribution in [2.24, 2.45) is 0 Å². The van der Waals surface area contributed by atoms with Crippen LogP contribution in [0.25, 0.3) is 5.69 Å². The summed E-state index contributed by atoms with van der Waals surface area (Å²) >= 11 is 6.36. The van der Waals surface area contributed by atoms with Gasteiger partial charge in [-0.15, -0.1) is 0 Å². The number of ether oxygens (including phenoxy) is 2. The molecule has 1 saturated heterocycles. The van der Waals surface area contributed by atoms with E-state index < -0.39 is 0 Å². The van der Waals surface area contributed by atoms with Crippen molar-refractivity contribution in [1.29, 1.82) is 0 Å². The first-order chi connectivity index (χ1) is 15.7. The summed E-state index contributed by atoms with van der Waals surface area (Å²) < 4.78 is 12.6. The topological polar surface area (TPSA) is 68.6 Å². The zero-order valence-corrected chi connectivity index (χ0v) is 18.4. The second-order valence-electron chi connectivity index (χ2n) is 8.09. The van der Waals surface area contributed by atoms with Gasteiger partial charge in [0.25, 0.3) is 0 Å². The van der Waals surface area contributed by atoms with Crippen LogP contribution >= 0.6 is 11.6 Å². The van der Waals surface area contributed by atoms with Gasteiger partial charge in [0.15, 0.2) is 11.5 Å². The van der Waals surface area contributed by atoms with Crippen LogP contribution in [0.1, 0.15) is 30.4 Å². The number of benzene rings is 2. The molecular weight excluding hydrogens is 428 g/mol. The van der Waals surface area contributed by atoms with Crippen LogP contribution in [0, 0.1) is 0 Å². The van der Waals surface area contributed by atoms with Crippen LogP contribution < -0.4 is 14.8 Å². The summed E-state index contributed by atoms with van der Waals surface area (Å²) in [5, 5.41) is 8.37. The Bertz CT molecular complexity index is 1090. The first-order valence-electron chi connectivity index (χ1n) is 10.8. The zero-order valence-electron chi connectivity index (χ0n) is 17.7. The van der Waals surface area contributed by atoms with Gasteiger partial charge >= 0.3 is 0 Å². The Kier molecular flexibility index (Phi) is 6.01.